The third-order valence-electron chi connectivity index (χ3n) is 5.87. The number of nitrogens with zero attached hydrogens (tertiary/aromatic N) is 3. The highest BCUT2D eigenvalue weighted by Crippen LogP contribution is 2.42. The fourth-order valence-electron chi connectivity index (χ4n) is 4.33. The fourth-order valence-corrected chi connectivity index (χ4v) is 5.46. The molecule has 1 aliphatic carbocycles. The molecule has 0 aromatic heterocycles. The Kier molecular flexibility index (Phi) is 5.28. The van der Waals surface area contributed by atoms with E-state index in [0.717, 1.165) is 42.4 Å². The Morgan fingerprint density at radius 2 is 1.65 bits per heavy atom. The number of phenolic OH excluding ortho intramolecular Hbond substituents is 1. The molecular weight excluding hydrogens is 410 g/mol. The maximum Gasteiger partial charge on any atom is 0.297 e. The molecule has 3 aliphatic rings. The predicted octanol–water partition coefficient (Wildman–Crippen LogP) is 4.39. The second-order valence-corrected chi connectivity index (χ2v) is 8.99. The molecule has 2 fully saturated rings. The lowest BCUT2D eigenvalue weighted by atomic mass is 9.93. The molecule has 1 saturated carbocycles. The minimum Gasteiger partial charge on any atom is -0.508 e. The van der Waals surface area contributed by atoms with E-state index in [0.29, 0.717) is 11.5 Å². The molecule has 1 atom stereocenters. The minimum absolute atomic E-state index is 0.130. The van der Waals surface area contributed by atoms with Gasteiger partial charge in [-0.15, -0.1) is 11.8 Å². The van der Waals surface area contributed by atoms with Crippen molar-refractivity contribution in [2.75, 3.05) is 5.75 Å². The van der Waals surface area contributed by atoms with Crippen molar-refractivity contribution in [3.8, 4) is 5.75 Å². The van der Waals surface area contributed by atoms with Crippen molar-refractivity contribution in [2.24, 2.45) is 4.99 Å². The van der Waals surface area contributed by atoms with Crippen LogP contribution in [-0.4, -0.2) is 38.5 Å². The first-order valence-corrected chi connectivity index (χ1v) is 11.6. The van der Waals surface area contributed by atoms with Crippen LogP contribution in [0, 0.1) is 0 Å². The van der Waals surface area contributed by atoms with Gasteiger partial charge in [0.05, 0.1) is 5.75 Å². The zero-order valence-electron chi connectivity index (χ0n) is 17.0. The van der Waals surface area contributed by atoms with Crippen LogP contribution >= 0.6 is 11.8 Å². The molecule has 5 rings (SSSR count). The second-order valence-electron chi connectivity index (χ2n) is 7.92. The molecule has 1 unspecified atom stereocenters. The van der Waals surface area contributed by atoms with Crippen LogP contribution in [0.4, 0.5) is 0 Å². The molecule has 0 spiro atoms. The van der Waals surface area contributed by atoms with Gasteiger partial charge in [0.1, 0.15) is 16.8 Å². The number of thioether (sulfide) groups is 1. The predicted molar refractivity (Wildman–Crippen MR) is 120 cm³/mol. The van der Waals surface area contributed by atoms with Crippen LogP contribution in [0.5, 0.6) is 5.75 Å². The summed E-state index contributed by atoms with van der Waals surface area (Å²) < 4.78 is 0. The number of aromatic hydroxyl groups is 1. The van der Waals surface area contributed by atoms with Crippen LogP contribution in [0.2, 0.25) is 0 Å². The van der Waals surface area contributed by atoms with Crippen molar-refractivity contribution in [3.63, 3.8) is 0 Å². The molecular formula is C24H23N3O3S. The van der Waals surface area contributed by atoms with Crippen LogP contribution in [0.1, 0.15) is 48.6 Å². The van der Waals surface area contributed by atoms with E-state index in [1.54, 1.807) is 29.3 Å². The highest BCUT2D eigenvalue weighted by atomic mass is 32.2. The maximum atomic E-state index is 13.7. The molecule has 2 aromatic carbocycles. The van der Waals surface area contributed by atoms with E-state index in [-0.39, 0.29) is 28.7 Å². The minimum atomic E-state index is -0.360. The van der Waals surface area contributed by atoms with E-state index in [1.165, 1.54) is 23.2 Å². The molecule has 6 nitrogen and oxygen atoms in total. The number of benzene rings is 2. The summed E-state index contributed by atoms with van der Waals surface area (Å²) >= 11 is 1.47. The van der Waals surface area contributed by atoms with Gasteiger partial charge in [-0.2, -0.15) is 5.01 Å². The first-order valence-electron chi connectivity index (χ1n) is 10.6. The van der Waals surface area contributed by atoms with E-state index in [2.05, 4.69) is 0 Å². The van der Waals surface area contributed by atoms with Crippen molar-refractivity contribution in [1.82, 2.24) is 10.0 Å². The molecule has 2 amide bonds. The normalized spacial score (nSPS) is 21.8. The Morgan fingerprint density at radius 3 is 2.35 bits per heavy atom. The number of carbonyl (C=O) groups is 2. The SMILES string of the molecule is O=C1C(=C2CCCCC2)N=C(c2ccccc2)N1N1C(=O)CSC1c1ccc(O)cc1. The van der Waals surface area contributed by atoms with E-state index >= 15 is 0 Å². The summed E-state index contributed by atoms with van der Waals surface area (Å²) in [6.45, 7) is 0. The maximum absolute atomic E-state index is 13.7. The summed E-state index contributed by atoms with van der Waals surface area (Å²) in [7, 11) is 0. The molecule has 2 heterocycles. The quantitative estimate of drug-likeness (QED) is 0.729. The first kappa shape index (κ1) is 19.9. The number of hydrogen-bond acceptors (Lipinski definition) is 5. The number of rotatable bonds is 3. The van der Waals surface area contributed by atoms with Crippen molar-refractivity contribution in [2.45, 2.75) is 37.5 Å². The smallest absolute Gasteiger partial charge is 0.297 e. The van der Waals surface area contributed by atoms with Gasteiger partial charge in [0, 0.05) is 5.56 Å². The first-order chi connectivity index (χ1) is 15.1. The summed E-state index contributed by atoms with van der Waals surface area (Å²) in [6.07, 6.45) is 5.07. The summed E-state index contributed by atoms with van der Waals surface area (Å²) in [5.41, 5.74) is 3.24. The number of carbonyl (C=O) groups excluding carboxylic acids is 2. The lowest BCUT2D eigenvalue weighted by Gasteiger charge is -2.33. The van der Waals surface area contributed by atoms with Gasteiger partial charge in [-0.25, -0.2) is 10.0 Å². The summed E-state index contributed by atoms with van der Waals surface area (Å²) in [5.74, 6) is 0.588. The number of amidine groups is 1. The van der Waals surface area contributed by atoms with Crippen molar-refractivity contribution >= 4 is 29.4 Å². The number of amides is 2. The van der Waals surface area contributed by atoms with Crippen LogP contribution in [0.3, 0.4) is 0 Å². The van der Waals surface area contributed by atoms with Crippen molar-refractivity contribution in [1.29, 1.82) is 0 Å². The highest BCUT2D eigenvalue weighted by Gasteiger charge is 2.45. The van der Waals surface area contributed by atoms with E-state index in [4.69, 9.17) is 4.99 Å². The van der Waals surface area contributed by atoms with Gasteiger partial charge < -0.3 is 5.11 Å². The molecule has 2 aliphatic heterocycles. The van der Waals surface area contributed by atoms with Crippen LogP contribution in [0.25, 0.3) is 0 Å². The summed E-state index contributed by atoms with van der Waals surface area (Å²) in [6, 6.07) is 16.3. The molecule has 1 N–H and O–H groups in total. The van der Waals surface area contributed by atoms with Gasteiger partial charge in [-0.05, 0) is 49.0 Å². The Morgan fingerprint density at radius 1 is 0.935 bits per heavy atom. The number of hydrazine groups is 1. The van der Waals surface area contributed by atoms with Gasteiger partial charge in [-0.3, -0.25) is 9.59 Å². The molecule has 2 aromatic rings. The molecule has 31 heavy (non-hydrogen) atoms. The zero-order valence-corrected chi connectivity index (χ0v) is 17.8. The van der Waals surface area contributed by atoms with Gasteiger partial charge in [0.15, 0.2) is 5.84 Å². The number of aliphatic imine (C=N–C) groups is 1. The van der Waals surface area contributed by atoms with E-state index < -0.39 is 0 Å². The number of hydrogen-bond donors (Lipinski definition) is 1. The lowest BCUT2D eigenvalue weighted by molar-refractivity contribution is -0.150. The average molecular weight is 434 g/mol. The van der Waals surface area contributed by atoms with Gasteiger partial charge in [0.2, 0.25) is 0 Å². The fraction of sp³-hybridized carbons (Fsp3) is 0.292. The number of phenols is 1. The molecule has 158 valence electrons. The standard InChI is InChI=1S/C24H23N3O3S/c28-19-13-11-18(12-14-19)24-26(20(29)15-31-24)27-22(17-9-5-2-6-10-17)25-21(23(27)30)16-7-3-1-4-8-16/h2,5-6,9-14,24,28H,1,3-4,7-8,15H2. The zero-order chi connectivity index (χ0) is 21.4. The third-order valence-corrected chi connectivity index (χ3v) is 7.07. The Bertz CT molecular complexity index is 1070. The summed E-state index contributed by atoms with van der Waals surface area (Å²) in [5, 5.41) is 12.3. The van der Waals surface area contributed by atoms with Gasteiger partial charge in [0.25, 0.3) is 11.8 Å². The summed E-state index contributed by atoms with van der Waals surface area (Å²) in [4.78, 5) is 31.5. The topological polar surface area (TPSA) is 73.2 Å². The van der Waals surface area contributed by atoms with Gasteiger partial charge in [-0.1, -0.05) is 48.9 Å². The molecule has 7 heteroatoms. The second kappa shape index (κ2) is 8.23. The average Bonchev–Trinajstić information content (AvgIpc) is 3.35. The molecule has 1 saturated heterocycles. The Labute approximate surface area is 185 Å². The van der Waals surface area contributed by atoms with Crippen LogP contribution < -0.4 is 0 Å². The van der Waals surface area contributed by atoms with Crippen LogP contribution in [-0.2, 0) is 9.59 Å². The van der Waals surface area contributed by atoms with E-state index in [9.17, 15) is 14.7 Å². The largest absolute Gasteiger partial charge is 0.508 e. The molecule has 0 bridgehead atoms. The van der Waals surface area contributed by atoms with Crippen molar-refractivity contribution in [3.05, 3.63) is 77.0 Å². The van der Waals surface area contributed by atoms with Gasteiger partial charge >= 0.3 is 0 Å². The van der Waals surface area contributed by atoms with Crippen LogP contribution in [0.15, 0.2) is 70.9 Å². The number of allylic oxidation sites excluding steroid dienone is 1. The highest BCUT2D eigenvalue weighted by molar-refractivity contribution is 8.00. The Balaban J connectivity index is 1.59. The lowest BCUT2D eigenvalue weighted by Crippen LogP contribution is -2.49. The Hall–Kier alpha value is -3.06. The van der Waals surface area contributed by atoms with E-state index in [1.807, 2.05) is 30.3 Å². The monoisotopic (exact) mass is 433 g/mol. The van der Waals surface area contributed by atoms with Crippen molar-refractivity contribution < 1.29 is 14.7 Å². The third kappa shape index (κ3) is 3.63. The molecule has 0 radical (unpaired) electrons.